The molecule has 2 heterocycles. The van der Waals surface area contributed by atoms with Crippen LogP contribution in [0.3, 0.4) is 0 Å². The van der Waals surface area contributed by atoms with Gasteiger partial charge in [-0.05, 0) is 45.8 Å². The van der Waals surface area contributed by atoms with Crippen LogP contribution in [0, 0.1) is 6.92 Å². The second-order valence-corrected chi connectivity index (χ2v) is 12.1. The van der Waals surface area contributed by atoms with Crippen molar-refractivity contribution in [3.63, 3.8) is 0 Å². The van der Waals surface area contributed by atoms with Gasteiger partial charge in [-0.1, -0.05) is 40.0 Å². The first-order chi connectivity index (χ1) is 18.2. The number of H-pyrrole nitrogens is 1. The van der Waals surface area contributed by atoms with E-state index >= 15 is 0 Å². The van der Waals surface area contributed by atoms with Crippen molar-refractivity contribution < 1.29 is 47.6 Å². The highest BCUT2D eigenvalue weighted by Crippen LogP contribution is 2.57. The summed E-state index contributed by atoms with van der Waals surface area (Å²) in [4.78, 5) is 54.9. The molecule has 2 rings (SSSR count). The number of aliphatic hydroxyl groups is 2. The number of aromatic amines is 1. The van der Waals surface area contributed by atoms with Gasteiger partial charge < -0.3 is 39.5 Å². The third kappa shape index (κ3) is 12.9. The fourth-order valence-electron chi connectivity index (χ4n) is 3.75. The maximum Gasteiger partial charge on any atom is 0.481 e. The van der Waals surface area contributed by atoms with Crippen LogP contribution >= 0.6 is 15.6 Å². The van der Waals surface area contributed by atoms with Crippen molar-refractivity contribution in [3.05, 3.63) is 32.6 Å². The molecule has 5 atom stereocenters. The Balaban J connectivity index is 0.000000495. The molecule has 1 saturated heterocycles. The zero-order chi connectivity index (χ0) is 29.8. The number of phosphoric ester groups is 1. The van der Waals surface area contributed by atoms with E-state index in [1.165, 1.54) is 65.1 Å². The molecular formula is C22H43N3O12P2. The van der Waals surface area contributed by atoms with Crippen LogP contribution in [0.15, 0.2) is 15.7 Å². The quantitative estimate of drug-likeness (QED) is 0.156. The molecule has 17 heteroatoms. The average molecular weight is 604 g/mol. The van der Waals surface area contributed by atoms with Gasteiger partial charge in [-0.25, -0.2) is 18.5 Å². The highest BCUT2D eigenvalue weighted by Gasteiger charge is 2.46. The number of nitrogens with one attached hydrogen (secondary N) is 1. The molecule has 1 aromatic heterocycles. The second kappa shape index (κ2) is 16.9. The van der Waals surface area contributed by atoms with Gasteiger partial charge in [0.25, 0.3) is 5.56 Å². The molecule has 1 aromatic rings. The minimum Gasteiger partial charge on any atom is -0.387 e. The van der Waals surface area contributed by atoms with E-state index in [4.69, 9.17) is 14.5 Å². The summed E-state index contributed by atoms with van der Waals surface area (Å²) in [5, 5.41) is 19.9. The minimum atomic E-state index is -5.34. The van der Waals surface area contributed by atoms with Crippen LogP contribution in [0.5, 0.6) is 0 Å². The maximum absolute atomic E-state index is 11.9. The van der Waals surface area contributed by atoms with Crippen LogP contribution in [0.25, 0.3) is 0 Å². The van der Waals surface area contributed by atoms with E-state index in [0.717, 1.165) is 6.07 Å². The number of phosphoric acid groups is 2. The monoisotopic (exact) mass is 603 g/mol. The van der Waals surface area contributed by atoms with Crippen LogP contribution in [0.1, 0.15) is 71.2 Å². The molecule has 15 nitrogen and oxygen atoms in total. The summed E-state index contributed by atoms with van der Waals surface area (Å²) in [6, 6.07) is 1.05. The van der Waals surface area contributed by atoms with Crippen molar-refractivity contribution in [2.24, 2.45) is 0 Å². The van der Waals surface area contributed by atoms with Crippen LogP contribution in [-0.4, -0.2) is 83.9 Å². The highest BCUT2D eigenvalue weighted by molar-refractivity contribution is 7.60. The lowest BCUT2D eigenvalue weighted by atomic mass is 10.1. The molecular weight excluding hydrogens is 560 g/mol. The predicted molar refractivity (Wildman–Crippen MR) is 142 cm³/mol. The summed E-state index contributed by atoms with van der Waals surface area (Å²) in [5.74, 6) is 0. The Bertz CT molecular complexity index is 1020. The van der Waals surface area contributed by atoms with Crippen molar-refractivity contribution >= 4 is 15.6 Å². The number of ether oxygens (including phenoxy) is 1. The van der Waals surface area contributed by atoms with Gasteiger partial charge in [-0.3, -0.25) is 9.32 Å². The number of nitrogens with zero attached hydrogens (tertiary/aromatic N) is 2. The number of hydrogen-bond donors (Lipinski definition) is 6. The van der Waals surface area contributed by atoms with Gasteiger partial charge >= 0.3 is 21.3 Å². The van der Waals surface area contributed by atoms with Crippen molar-refractivity contribution in [2.75, 3.05) is 26.2 Å². The topological polar surface area (TPSA) is 221 Å². The lowest BCUT2D eigenvalue weighted by molar-refractivity contribution is -0.0557. The maximum atomic E-state index is 11.9. The lowest BCUT2D eigenvalue weighted by Gasteiger charge is -2.21. The van der Waals surface area contributed by atoms with E-state index in [1.807, 2.05) is 0 Å². The SMILES string of the molecule is CCCCN(CCCC)CCCC.Cc1cc(=O)n([C@@H]2O[C@H](COP(=O)(O)OP(=O)(O)O)[C@@H](O)[C@H]2O)c(=O)[nH]1. The van der Waals surface area contributed by atoms with E-state index in [2.05, 4.69) is 39.5 Å². The van der Waals surface area contributed by atoms with Gasteiger partial charge in [-0.15, -0.1) is 0 Å². The summed E-state index contributed by atoms with van der Waals surface area (Å²) in [7, 11) is -10.5. The molecule has 0 spiro atoms. The average Bonchev–Trinajstić information content (AvgIpc) is 3.09. The smallest absolute Gasteiger partial charge is 0.387 e. The molecule has 1 fully saturated rings. The van der Waals surface area contributed by atoms with Crippen LogP contribution in [0.2, 0.25) is 0 Å². The lowest BCUT2D eigenvalue weighted by Crippen LogP contribution is -2.42. The number of hydrogen-bond acceptors (Lipinski definition) is 10. The number of aromatic nitrogens is 2. The Morgan fingerprint density at radius 2 is 1.49 bits per heavy atom. The number of aliphatic hydroxyl groups excluding tert-OH is 2. The van der Waals surface area contributed by atoms with Gasteiger partial charge in [0.1, 0.15) is 18.3 Å². The van der Waals surface area contributed by atoms with Crippen LogP contribution in [0.4, 0.5) is 0 Å². The van der Waals surface area contributed by atoms with E-state index in [1.54, 1.807) is 0 Å². The number of unbranched alkanes of at least 4 members (excludes halogenated alkanes) is 3. The molecule has 6 N–H and O–H groups in total. The fraction of sp³-hybridized carbons (Fsp3) is 0.818. The summed E-state index contributed by atoms with van der Waals surface area (Å²) in [5.41, 5.74) is -1.51. The normalized spacial score (nSPS) is 22.9. The van der Waals surface area contributed by atoms with Gasteiger partial charge in [0.2, 0.25) is 0 Å². The van der Waals surface area contributed by atoms with Gasteiger partial charge in [-0.2, -0.15) is 4.31 Å². The zero-order valence-electron chi connectivity index (χ0n) is 22.8. The zero-order valence-corrected chi connectivity index (χ0v) is 24.6. The molecule has 0 aromatic carbocycles. The second-order valence-electron chi connectivity index (χ2n) is 9.25. The molecule has 1 aliphatic heterocycles. The Kier molecular flexibility index (Phi) is 15.5. The Hall–Kier alpha value is -1.22. The van der Waals surface area contributed by atoms with Crippen LogP contribution < -0.4 is 11.2 Å². The third-order valence-corrected chi connectivity index (χ3v) is 7.94. The molecule has 1 unspecified atom stereocenters. The van der Waals surface area contributed by atoms with Gasteiger partial charge in [0.15, 0.2) is 6.23 Å². The van der Waals surface area contributed by atoms with Crippen molar-refractivity contribution in [2.45, 2.75) is 90.8 Å². The standard InChI is InChI=1S/C12H27N.C10H16N2O12P2/c1-4-7-10-13(11-8-5-2)12-9-6-3;1-4-2-6(13)12(10(16)11-4)9-8(15)7(14)5(23-9)3-22-26(20,21)24-25(17,18)19/h4-12H2,1-3H3;2,5,7-9,14-15H,3H2,1H3,(H,11,16)(H,20,21)(H2,17,18,19)/t;5-,7-,8-,9-/m.1/s1. The van der Waals surface area contributed by atoms with Crippen molar-refractivity contribution in [1.82, 2.24) is 14.5 Å². The predicted octanol–water partition coefficient (Wildman–Crippen LogP) is 1.38. The Morgan fingerprint density at radius 1 is 0.974 bits per heavy atom. The van der Waals surface area contributed by atoms with Crippen molar-refractivity contribution in [1.29, 1.82) is 0 Å². The van der Waals surface area contributed by atoms with Crippen LogP contribution in [-0.2, 0) is 22.7 Å². The first-order valence-corrected chi connectivity index (χ1v) is 16.0. The number of rotatable bonds is 15. The molecule has 0 aliphatic carbocycles. The fourth-order valence-corrected chi connectivity index (χ4v) is 5.35. The Morgan fingerprint density at radius 3 is 1.92 bits per heavy atom. The highest BCUT2D eigenvalue weighted by atomic mass is 31.3. The van der Waals surface area contributed by atoms with E-state index < -0.39 is 58.0 Å². The Labute approximate surface area is 227 Å². The van der Waals surface area contributed by atoms with Gasteiger partial charge in [0, 0.05) is 11.8 Å². The molecule has 1 aliphatic rings. The summed E-state index contributed by atoms with van der Waals surface area (Å²) in [6.45, 7) is 11.3. The van der Waals surface area contributed by atoms with Crippen molar-refractivity contribution in [3.8, 4) is 0 Å². The molecule has 39 heavy (non-hydrogen) atoms. The third-order valence-electron chi connectivity index (χ3n) is 5.79. The summed E-state index contributed by atoms with van der Waals surface area (Å²) in [6.07, 6.45) is 1.43. The number of aryl methyl sites for hydroxylation is 1. The largest absolute Gasteiger partial charge is 0.481 e. The van der Waals surface area contributed by atoms with E-state index in [0.29, 0.717) is 4.57 Å². The van der Waals surface area contributed by atoms with E-state index in [-0.39, 0.29) is 5.69 Å². The minimum absolute atomic E-state index is 0.250. The summed E-state index contributed by atoms with van der Waals surface area (Å²) >= 11 is 0. The molecule has 228 valence electrons. The molecule has 0 bridgehead atoms. The summed E-state index contributed by atoms with van der Waals surface area (Å²) < 4.78 is 35.4. The molecule has 0 amide bonds. The first kappa shape index (κ1) is 35.8. The molecule has 0 saturated carbocycles. The first-order valence-electron chi connectivity index (χ1n) is 13.0. The van der Waals surface area contributed by atoms with Gasteiger partial charge in [0.05, 0.1) is 6.61 Å². The molecule has 0 radical (unpaired) electrons. The van der Waals surface area contributed by atoms with E-state index in [9.17, 15) is 33.8 Å².